The Morgan fingerprint density at radius 2 is 1.96 bits per heavy atom. The number of ether oxygens (including phenoxy) is 2. The number of nitrogens with zero attached hydrogens (tertiary/aromatic N) is 3. The summed E-state index contributed by atoms with van der Waals surface area (Å²) >= 11 is 0. The summed E-state index contributed by atoms with van der Waals surface area (Å²) in [4.78, 5) is 7.02. The standard InChI is InChI=1S/C22H25N3O3/c1-3-27-20-9-5-4-7-18(20)22-23-21(28-24-22)15-25-14-6-8-19(25)16-10-12-17(26-2)13-11-16/h4-5,7,9-13,19H,3,6,8,14-15H2,1-2H3/t19-/m1/s1. The van der Waals surface area contributed by atoms with Gasteiger partial charge in [-0.05, 0) is 56.1 Å². The Labute approximate surface area is 165 Å². The summed E-state index contributed by atoms with van der Waals surface area (Å²) in [7, 11) is 1.69. The van der Waals surface area contributed by atoms with Crippen molar-refractivity contribution in [3.8, 4) is 22.9 Å². The molecule has 0 amide bonds. The van der Waals surface area contributed by atoms with Crippen molar-refractivity contribution in [3.63, 3.8) is 0 Å². The summed E-state index contributed by atoms with van der Waals surface area (Å²) in [5.74, 6) is 2.85. The average Bonchev–Trinajstić information content (AvgIpc) is 3.39. The Morgan fingerprint density at radius 3 is 2.75 bits per heavy atom. The van der Waals surface area contributed by atoms with E-state index in [-0.39, 0.29) is 0 Å². The summed E-state index contributed by atoms with van der Waals surface area (Å²) < 4.78 is 16.5. The minimum atomic E-state index is 0.358. The van der Waals surface area contributed by atoms with Crippen LogP contribution in [0.1, 0.15) is 37.3 Å². The maximum absolute atomic E-state index is 5.69. The van der Waals surface area contributed by atoms with Gasteiger partial charge in [0.25, 0.3) is 0 Å². The predicted octanol–water partition coefficient (Wildman–Crippen LogP) is 4.48. The third-order valence-electron chi connectivity index (χ3n) is 5.10. The van der Waals surface area contributed by atoms with E-state index in [4.69, 9.17) is 14.0 Å². The minimum absolute atomic E-state index is 0.358. The molecule has 0 saturated carbocycles. The fourth-order valence-electron chi connectivity index (χ4n) is 3.75. The third kappa shape index (κ3) is 3.87. The molecule has 1 aliphatic heterocycles. The Kier molecular flexibility index (Phi) is 5.58. The van der Waals surface area contributed by atoms with Gasteiger partial charge in [0.05, 0.1) is 25.8 Å². The van der Waals surface area contributed by atoms with E-state index in [1.165, 1.54) is 5.56 Å². The van der Waals surface area contributed by atoms with Crippen LogP contribution >= 0.6 is 0 Å². The molecule has 1 aromatic heterocycles. The van der Waals surface area contributed by atoms with Gasteiger partial charge in [-0.3, -0.25) is 4.90 Å². The molecule has 1 saturated heterocycles. The topological polar surface area (TPSA) is 60.6 Å². The van der Waals surface area contributed by atoms with Gasteiger partial charge in [-0.1, -0.05) is 29.4 Å². The van der Waals surface area contributed by atoms with Gasteiger partial charge in [0.15, 0.2) is 0 Å². The van der Waals surface area contributed by atoms with E-state index in [9.17, 15) is 0 Å². The number of benzene rings is 2. The largest absolute Gasteiger partial charge is 0.497 e. The maximum atomic E-state index is 5.69. The minimum Gasteiger partial charge on any atom is -0.497 e. The fourth-order valence-corrected chi connectivity index (χ4v) is 3.75. The molecular weight excluding hydrogens is 354 g/mol. The molecule has 1 fully saturated rings. The molecule has 3 aromatic rings. The number of methoxy groups -OCH3 is 1. The molecule has 2 heterocycles. The predicted molar refractivity (Wildman–Crippen MR) is 106 cm³/mol. The lowest BCUT2D eigenvalue weighted by Gasteiger charge is -2.23. The van der Waals surface area contributed by atoms with Crippen LogP contribution in [0, 0.1) is 0 Å². The van der Waals surface area contributed by atoms with Crippen LogP contribution in [0.3, 0.4) is 0 Å². The Balaban J connectivity index is 1.50. The van der Waals surface area contributed by atoms with E-state index in [0.29, 0.717) is 30.9 Å². The van der Waals surface area contributed by atoms with Crippen molar-refractivity contribution in [2.45, 2.75) is 32.4 Å². The summed E-state index contributed by atoms with van der Waals surface area (Å²) in [6.07, 6.45) is 2.28. The Bertz CT molecular complexity index is 907. The zero-order valence-corrected chi connectivity index (χ0v) is 16.3. The lowest BCUT2D eigenvalue weighted by Crippen LogP contribution is -2.22. The zero-order valence-electron chi connectivity index (χ0n) is 16.3. The average molecular weight is 379 g/mol. The molecule has 0 radical (unpaired) electrons. The summed E-state index contributed by atoms with van der Waals surface area (Å²) in [5.41, 5.74) is 2.15. The van der Waals surface area contributed by atoms with E-state index in [2.05, 4.69) is 27.2 Å². The van der Waals surface area contributed by atoms with Crippen LogP contribution in [0.4, 0.5) is 0 Å². The first-order valence-electron chi connectivity index (χ1n) is 9.71. The molecule has 146 valence electrons. The molecule has 28 heavy (non-hydrogen) atoms. The van der Waals surface area contributed by atoms with Crippen LogP contribution in [0.2, 0.25) is 0 Å². The van der Waals surface area contributed by atoms with Crippen molar-refractivity contribution in [1.82, 2.24) is 15.0 Å². The Hall–Kier alpha value is -2.86. The lowest BCUT2D eigenvalue weighted by molar-refractivity contribution is 0.212. The molecule has 4 rings (SSSR count). The first-order valence-corrected chi connectivity index (χ1v) is 9.71. The molecule has 0 spiro atoms. The molecule has 0 aliphatic carbocycles. The second-order valence-corrected chi connectivity index (χ2v) is 6.84. The number of hydrogen-bond acceptors (Lipinski definition) is 6. The van der Waals surface area contributed by atoms with Crippen LogP contribution in [0.5, 0.6) is 11.5 Å². The van der Waals surface area contributed by atoms with Gasteiger partial charge in [0.1, 0.15) is 11.5 Å². The van der Waals surface area contributed by atoms with Gasteiger partial charge in [-0.2, -0.15) is 4.98 Å². The number of aromatic nitrogens is 2. The molecule has 2 aromatic carbocycles. The Morgan fingerprint density at radius 1 is 1.14 bits per heavy atom. The van der Waals surface area contributed by atoms with Crippen molar-refractivity contribution in [3.05, 3.63) is 60.0 Å². The van der Waals surface area contributed by atoms with Crippen molar-refractivity contribution in [1.29, 1.82) is 0 Å². The molecule has 1 atom stereocenters. The molecule has 0 N–H and O–H groups in total. The fraction of sp³-hybridized carbons (Fsp3) is 0.364. The highest BCUT2D eigenvalue weighted by Crippen LogP contribution is 2.34. The lowest BCUT2D eigenvalue weighted by atomic mass is 10.0. The molecule has 1 aliphatic rings. The van der Waals surface area contributed by atoms with Gasteiger partial charge in [-0.25, -0.2) is 0 Å². The van der Waals surface area contributed by atoms with Crippen LogP contribution in [-0.2, 0) is 6.54 Å². The van der Waals surface area contributed by atoms with Gasteiger partial charge >= 0.3 is 0 Å². The number of rotatable bonds is 7. The highest BCUT2D eigenvalue weighted by atomic mass is 16.5. The second kappa shape index (κ2) is 8.44. The van der Waals surface area contributed by atoms with Gasteiger partial charge < -0.3 is 14.0 Å². The van der Waals surface area contributed by atoms with E-state index in [1.54, 1.807) is 7.11 Å². The van der Waals surface area contributed by atoms with E-state index < -0.39 is 0 Å². The summed E-state index contributed by atoms with van der Waals surface area (Å²) in [6.45, 7) is 4.22. The van der Waals surface area contributed by atoms with Gasteiger partial charge in [0.2, 0.25) is 11.7 Å². The SMILES string of the molecule is CCOc1ccccc1-c1noc(CN2CCC[C@@H]2c2ccc(OC)cc2)n1. The smallest absolute Gasteiger partial charge is 0.241 e. The maximum Gasteiger partial charge on any atom is 0.241 e. The summed E-state index contributed by atoms with van der Waals surface area (Å²) in [5, 5.41) is 4.18. The highest BCUT2D eigenvalue weighted by Gasteiger charge is 2.28. The van der Waals surface area contributed by atoms with Gasteiger partial charge in [0, 0.05) is 6.04 Å². The van der Waals surface area contributed by atoms with Crippen LogP contribution in [0.15, 0.2) is 53.1 Å². The van der Waals surface area contributed by atoms with E-state index >= 15 is 0 Å². The summed E-state index contributed by atoms with van der Waals surface area (Å²) in [6, 6.07) is 16.4. The highest BCUT2D eigenvalue weighted by molar-refractivity contribution is 5.63. The third-order valence-corrected chi connectivity index (χ3v) is 5.10. The monoisotopic (exact) mass is 379 g/mol. The van der Waals surface area contributed by atoms with E-state index in [1.807, 2.05) is 43.3 Å². The molecule has 0 unspecified atom stereocenters. The van der Waals surface area contributed by atoms with Crippen molar-refractivity contribution >= 4 is 0 Å². The van der Waals surface area contributed by atoms with Crippen LogP contribution in [0.25, 0.3) is 11.4 Å². The molecule has 6 nitrogen and oxygen atoms in total. The molecular formula is C22H25N3O3. The first kappa shape index (κ1) is 18.5. The van der Waals surface area contributed by atoms with Crippen molar-refractivity contribution in [2.75, 3.05) is 20.3 Å². The van der Waals surface area contributed by atoms with Crippen molar-refractivity contribution in [2.24, 2.45) is 0 Å². The number of likely N-dealkylation sites (tertiary alicyclic amines) is 1. The first-order chi connectivity index (χ1) is 13.8. The zero-order chi connectivity index (χ0) is 19.3. The van der Waals surface area contributed by atoms with Gasteiger partial charge in [-0.15, -0.1) is 0 Å². The molecule has 0 bridgehead atoms. The quantitative estimate of drug-likeness (QED) is 0.603. The normalized spacial score (nSPS) is 17.0. The van der Waals surface area contributed by atoms with Crippen LogP contribution < -0.4 is 9.47 Å². The molecule has 6 heteroatoms. The second-order valence-electron chi connectivity index (χ2n) is 6.84. The van der Waals surface area contributed by atoms with Crippen molar-refractivity contribution < 1.29 is 14.0 Å². The number of hydrogen-bond donors (Lipinski definition) is 0. The van der Waals surface area contributed by atoms with E-state index in [0.717, 1.165) is 36.4 Å². The number of para-hydroxylation sites is 1. The van der Waals surface area contributed by atoms with Crippen LogP contribution in [-0.4, -0.2) is 35.3 Å².